The number of esters is 1. The molecule has 0 unspecified atom stereocenters. The maximum atomic E-state index is 13.3. The van der Waals surface area contributed by atoms with E-state index in [1.54, 1.807) is 12.1 Å². The Morgan fingerprint density at radius 2 is 1.38 bits per heavy atom. The quantitative estimate of drug-likeness (QED) is 0.591. The molecule has 0 heterocycles. The van der Waals surface area contributed by atoms with Crippen LogP contribution in [0.15, 0.2) is 84.9 Å². The molecule has 1 atom stereocenters. The van der Waals surface area contributed by atoms with Gasteiger partial charge in [-0.2, -0.15) is 0 Å². The molecule has 0 fully saturated rings. The van der Waals surface area contributed by atoms with Crippen LogP contribution < -0.4 is 5.32 Å². The van der Waals surface area contributed by atoms with Gasteiger partial charge in [-0.25, -0.2) is 4.79 Å². The van der Waals surface area contributed by atoms with Crippen molar-refractivity contribution in [3.05, 3.63) is 107 Å². The second-order valence-corrected chi connectivity index (χ2v) is 7.11. The van der Waals surface area contributed by atoms with Gasteiger partial charge < -0.3 is 10.1 Å². The molecule has 5 heteroatoms. The van der Waals surface area contributed by atoms with Crippen molar-refractivity contribution in [3.8, 4) is 0 Å². The van der Waals surface area contributed by atoms with Gasteiger partial charge >= 0.3 is 5.97 Å². The summed E-state index contributed by atoms with van der Waals surface area (Å²) >= 11 is 5.94. The van der Waals surface area contributed by atoms with E-state index < -0.39 is 17.9 Å². The van der Waals surface area contributed by atoms with E-state index >= 15 is 0 Å². The van der Waals surface area contributed by atoms with Crippen LogP contribution in [0.3, 0.4) is 0 Å². The average molecular weight is 408 g/mol. The van der Waals surface area contributed by atoms with Crippen LogP contribution in [0.5, 0.6) is 0 Å². The topological polar surface area (TPSA) is 55.4 Å². The van der Waals surface area contributed by atoms with Crippen molar-refractivity contribution >= 4 is 23.5 Å². The molecule has 0 radical (unpaired) electrons. The number of rotatable bonds is 7. The summed E-state index contributed by atoms with van der Waals surface area (Å²) in [5.74, 6) is -1.28. The maximum absolute atomic E-state index is 13.3. The first-order chi connectivity index (χ1) is 14.1. The van der Waals surface area contributed by atoms with E-state index in [9.17, 15) is 9.59 Å². The van der Waals surface area contributed by atoms with Crippen LogP contribution >= 0.6 is 11.6 Å². The molecule has 3 aromatic rings. The van der Waals surface area contributed by atoms with Crippen LogP contribution in [0.25, 0.3) is 0 Å². The summed E-state index contributed by atoms with van der Waals surface area (Å²) in [4.78, 5) is 25.6. The van der Waals surface area contributed by atoms with Gasteiger partial charge in [0.15, 0.2) is 0 Å². The summed E-state index contributed by atoms with van der Waals surface area (Å²) in [6.45, 7) is 0. The monoisotopic (exact) mass is 407 g/mol. The zero-order valence-electron chi connectivity index (χ0n) is 16.0. The number of carbonyl (C=O) groups is 2. The highest BCUT2D eigenvalue weighted by Crippen LogP contribution is 2.25. The summed E-state index contributed by atoms with van der Waals surface area (Å²) in [6.07, 6.45) is 0.311. The Bertz CT molecular complexity index is 903. The highest BCUT2D eigenvalue weighted by molar-refractivity contribution is 6.30. The van der Waals surface area contributed by atoms with Crippen molar-refractivity contribution in [2.45, 2.75) is 18.4 Å². The average Bonchev–Trinajstić information content (AvgIpc) is 2.76. The number of nitrogens with one attached hydrogen (secondary N) is 1. The van der Waals surface area contributed by atoms with Crippen molar-refractivity contribution in [1.29, 1.82) is 0 Å². The summed E-state index contributed by atoms with van der Waals surface area (Å²) in [6, 6.07) is 25.4. The highest BCUT2D eigenvalue weighted by Gasteiger charge is 2.28. The molecule has 0 aliphatic heterocycles. The molecule has 0 saturated carbocycles. The number of ether oxygens (including phenoxy) is 1. The minimum Gasteiger partial charge on any atom is -0.467 e. The zero-order chi connectivity index (χ0) is 20.6. The van der Waals surface area contributed by atoms with Gasteiger partial charge in [0.25, 0.3) is 0 Å². The lowest BCUT2D eigenvalue weighted by molar-refractivity contribution is -0.145. The third-order valence-corrected chi connectivity index (χ3v) is 4.94. The van der Waals surface area contributed by atoms with Crippen molar-refractivity contribution in [1.82, 2.24) is 5.32 Å². The number of methoxy groups -OCH3 is 1. The van der Waals surface area contributed by atoms with Crippen LogP contribution in [0.1, 0.15) is 22.6 Å². The fraction of sp³-hybridized carbons (Fsp3) is 0.167. The molecule has 4 nitrogen and oxygen atoms in total. The molecule has 3 rings (SSSR count). The normalized spacial score (nSPS) is 11.7. The van der Waals surface area contributed by atoms with Gasteiger partial charge in [-0.05, 0) is 28.8 Å². The zero-order valence-corrected chi connectivity index (χ0v) is 16.8. The number of hydrogen-bond acceptors (Lipinski definition) is 3. The molecule has 0 aromatic heterocycles. The summed E-state index contributed by atoms with van der Waals surface area (Å²) in [5, 5.41) is 3.49. The van der Waals surface area contributed by atoms with Crippen LogP contribution in [0.4, 0.5) is 0 Å². The van der Waals surface area contributed by atoms with Crippen molar-refractivity contribution < 1.29 is 14.3 Å². The maximum Gasteiger partial charge on any atom is 0.328 e. The SMILES string of the molecule is COC(=O)[C@@H](Cc1ccc(Cl)cc1)NC(=O)C(c1ccccc1)c1ccccc1. The van der Waals surface area contributed by atoms with Gasteiger partial charge in [-0.1, -0.05) is 84.4 Å². The lowest BCUT2D eigenvalue weighted by Gasteiger charge is -2.22. The van der Waals surface area contributed by atoms with Crippen LogP contribution in [-0.4, -0.2) is 25.0 Å². The molecule has 148 valence electrons. The molecule has 0 bridgehead atoms. The molecular formula is C24H22ClNO3. The van der Waals surface area contributed by atoms with Crippen molar-refractivity contribution in [2.24, 2.45) is 0 Å². The molecule has 0 saturated heterocycles. The van der Waals surface area contributed by atoms with Gasteiger partial charge in [0.2, 0.25) is 5.91 Å². The number of benzene rings is 3. The second kappa shape index (κ2) is 9.89. The number of amides is 1. The molecule has 1 amide bonds. The molecular weight excluding hydrogens is 386 g/mol. The fourth-order valence-corrected chi connectivity index (χ4v) is 3.36. The summed E-state index contributed by atoms with van der Waals surface area (Å²) < 4.78 is 4.92. The number of hydrogen-bond donors (Lipinski definition) is 1. The van der Waals surface area contributed by atoms with E-state index in [1.165, 1.54) is 7.11 Å². The Morgan fingerprint density at radius 1 is 0.862 bits per heavy atom. The minimum absolute atomic E-state index is 0.258. The van der Waals surface area contributed by atoms with E-state index in [2.05, 4.69) is 5.32 Å². The molecule has 0 aliphatic carbocycles. The van der Waals surface area contributed by atoms with E-state index in [0.717, 1.165) is 16.7 Å². The van der Waals surface area contributed by atoms with E-state index in [-0.39, 0.29) is 5.91 Å². The Morgan fingerprint density at radius 3 is 1.86 bits per heavy atom. The summed E-state index contributed by atoms with van der Waals surface area (Å²) in [5.41, 5.74) is 2.58. The second-order valence-electron chi connectivity index (χ2n) is 6.67. The Labute approximate surface area is 175 Å². The third-order valence-electron chi connectivity index (χ3n) is 4.68. The Hall–Kier alpha value is -3.11. The minimum atomic E-state index is -0.802. The van der Waals surface area contributed by atoms with E-state index in [4.69, 9.17) is 16.3 Å². The predicted octanol–water partition coefficient (Wildman–Crippen LogP) is 4.37. The molecule has 3 aromatic carbocycles. The van der Waals surface area contributed by atoms with Crippen molar-refractivity contribution in [2.75, 3.05) is 7.11 Å². The van der Waals surface area contributed by atoms with Gasteiger partial charge in [0, 0.05) is 11.4 Å². The van der Waals surface area contributed by atoms with Crippen molar-refractivity contribution in [3.63, 3.8) is 0 Å². The lowest BCUT2D eigenvalue weighted by atomic mass is 9.90. The van der Waals surface area contributed by atoms with E-state index in [1.807, 2.05) is 72.8 Å². The third kappa shape index (κ3) is 5.46. The van der Waals surface area contributed by atoms with Gasteiger partial charge in [-0.3, -0.25) is 4.79 Å². The van der Waals surface area contributed by atoms with Crippen LogP contribution in [-0.2, 0) is 20.7 Å². The molecule has 0 spiro atoms. The molecule has 1 N–H and O–H groups in total. The fourth-order valence-electron chi connectivity index (χ4n) is 3.23. The highest BCUT2D eigenvalue weighted by atomic mass is 35.5. The van der Waals surface area contributed by atoms with Gasteiger partial charge in [0.1, 0.15) is 6.04 Å². The van der Waals surface area contributed by atoms with Crippen LogP contribution in [0.2, 0.25) is 5.02 Å². The van der Waals surface area contributed by atoms with Gasteiger partial charge in [0.05, 0.1) is 13.0 Å². The first kappa shape index (κ1) is 20.6. The Balaban J connectivity index is 1.87. The predicted molar refractivity (Wildman–Crippen MR) is 114 cm³/mol. The summed E-state index contributed by atoms with van der Waals surface area (Å²) in [7, 11) is 1.31. The number of carbonyl (C=O) groups excluding carboxylic acids is 2. The lowest BCUT2D eigenvalue weighted by Crippen LogP contribution is -2.45. The first-order valence-electron chi connectivity index (χ1n) is 9.31. The largest absolute Gasteiger partial charge is 0.467 e. The smallest absolute Gasteiger partial charge is 0.328 e. The Kier molecular flexibility index (Phi) is 7.04. The number of halogens is 1. The van der Waals surface area contributed by atoms with Crippen LogP contribution in [0, 0.1) is 0 Å². The molecule has 0 aliphatic rings. The standard InChI is InChI=1S/C24H22ClNO3/c1-29-24(28)21(16-17-12-14-20(25)15-13-17)26-23(27)22(18-8-4-2-5-9-18)19-10-6-3-7-11-19/h2-15,21-22H,16H2,1H3,(H,26,27)/t21-/m1/s1. The first-order valence-corrected chi connectivity index (χ1v) is 9.69. The van der Waals surface area contributed by atoms with E-state index in [0.29, 0.717) is 11.4 Å². The van der Waals surface area contributed by atoms with Gasteiger partial charge in [-0.15, -0.1) is 0 Å². The molecule has 29 heavy (non-hydrogen) atoms.